The zero-order valence-corrected chi connectivity index (χ0v) is 11.2. The van der Waals surface area contributed by atoms with Crippen LogP contribution in [0.25, 0.3) is 0 Å². The standard InChI is InChI=1S/C14H20N4O/c1-18(10-2-8-15)11-14(19)17-13-5-3-12(4-6-13)7-9-16/h3-6H,2,7-8,10-11,15H2,1H3,(H,17,19). The Morgan fingerprint density at radius 2 is 2.11 bits per heavy atom. The van der Waals surface area contributed by atoms with Gasteiger partial charge in [-0.25, -0.2) is 0 Å². The molecule has 0 heterocycles. The lowest BCUT2D eigenvalue weighted by molar-refractivity contribution is -0.117. The van der Waals surface area contributed by atoms with Crippen molar-refractivity contribution in [2.24, 2.45) is 5.73 Å². The molecule has 0 aromatic heterocycles. The first-order valence-electron chi connectivity index (χ1n) is 6.30. The Bertz CT molecular complexity index is 436. The van der Waals surface area contributed by atoms with Crippen LogP contribution in [-0.2, 0) is 11.2 Å². The van der Waals surface area contributed by atoms with Crippen LogP contribution in [0, 0.1) is 11.3 Å². The van der Waals surface area contributed by atoms with Crippen molar-refractivity contribution in [2.75, 3.05) is 32.0 Å². The van der Waals surface area contributed by atoms with Crippen molar-refractivity contribution in [3.63, 3.8) is 0 Å². The summed E-state index contributed by atoms with van der Waals surface area (Å²) in [5.41, 5.74) is 7.11. The van der Waals surface area contributed by atoms with Crippen LogP contribution < -0.4 is 11.1 Å². The third-order valence-corrected chi connectivity index (χ3v) is 2.68. The van der Waals surface area contributed by atoms with Crippen LogP contribution >= 0.6 is 0 Å². The highest BCUT2D eigenvalue weighted by molar-refractivity contribution is 5.92. The maximum absolute atomic E-state index is 11.8. The first-order valence-corrected chi connectivity index (χ1v) is 6.30. The number of carbonyl (C=O) groups excluding carboxylic acids is 1. The van der Waals surface area contributed by atoms with Crippen LogP contribution in [0.5, 0.6) is 0 Å². The van der Waals surface area contributed by atoms with Gasteiger partial charge < -0.3 is 11.1 Å². The minimum atomic E-state index is -0.0486. The number of nitriles is 1. The molecule has 5 heteroatoms. The fraction of sp³-hybridized carbons (Fsp3) is 0.429. The second-order valence-corrected chi connectivity index (χ2v) is 4.46. The number of likely N-dealkylation sites (N-methyl/N-ethyl adjacent to an activating group) is 1. The molecule has 0 aliphatic heterocycles. The zero-order chi connectivity index (χ0) is 14.1. The van der Waals surface area contributed by atoms with Gasteiger partial charge in [0.1, 0.15) is 0 Å². The quantitative estimate of drug-likeness (QED) is 0.765. The first kappa shape index (κ1) is 15.2. The van der Waals surface area contributed by atoms with Crippen molar-refractivity contribution >= 4 is 11.6 Å². The molecule has 0 fully saturated rings. The van der Waals surface area contributed by atoms with E-state index in [2.05, 4.69) is 11.4 Å². The summed E-state index contributed by atoms with van der Waals surface area (Å²) in [6, 6.07) is 9.39. The van der Waals surface area contributed by atoms with E-state index in [9.17, 15) is 4.79 Å². The molecule has 0 bridgehead atoms. The van der Waals surface area contributed by atoms with Crippen molar-refractivity contribution in [2.45, 2.75) is 12.8 Å². The van der Waals surface area contributed by atoms with Crippen LogP contribution in [0.1, 0.15) is 12.0 Å². The van der Waals surface area contributed by atoms with E-state index in [1.807, 2.05) is 36.2 Å². The first-order chi connectivity index (χ1) is 9.15. The molecule has 5 nitrogen and oxygen atoms in total. The van der Waals surface area contributed by atoms with Gasteiger partial charge in [0.25, 0.3) is 0 Å². The summed E-state index contributed by atoms with van der Waals surface area (Å²) in [5, 5.41) is 11.4. The fourth-order valence-corrected chi connectivity index (χ4v) is 1.68. The van der Waals surface area contributed by atoms with Crippen LogP contribution in [0.3, 0.4) is 0 Å². The van der Waals surface area contributed by atoms with E-state index in [1.165, 1.54) is 0 Å². The smallest absolute Gasteiger partial charge is 0.238 e. The number of hydrogen-bond donors (Lipinski definition) is 2. The molecule has 102 valence electrons. The molecular formula is C14H20N4O. The van der Waals surface area contributed by atoms with Crippen molar-refractivity contribution in [3.8, 4) is 6.07 Å². The molecule has 1 aromatic carbocycles. The molecule has 0 saturated heterocycles. The number of amides is 1. The number of benzene rings is 1. The zero-order valence-electron chi connectivity index (χ0n) is 11.2. The Balaban J connectivity index is 2.41. The Hall–Kier alpha value is -1.90. The molecule has 0 unspecified atom stereocenters. The average molecular weight is 260 g/mol. The summed E-state index contributed by atoms with van der Waals surface area (Å²) >= 11 is 0. The van der Waals surface area contributed by atoms with Gasteiger partial charge in [0.2, 0.25) is 5.91 Å². The summed E-state index contributed by atoms with van der Waals surface area (Å²) in [6.45, 7) is 1.79. The maximum atomic E-state index is 11.8. The van der Waals surface area contributed by atoms with E-state index in [0.717, 1.165) is 24.2 Å². The molecule has 0 saturated carbocycles. The predicted octanol–water partition coefficient (Wildman–Crippen LogP) is 0.972. The van der Waals surface area contributed by atoms with Gasteiger partial charge in [-0.05, 0) is 44.3 Å². The van der Waals surface area contributed by atoms with Gasteiger partial charge in [-0.2, -0.15) is 5.26 Å². The number of anilines is 1. The number of nitrogens with zero attached hydrogens (tertiary/aromatic N) is 2. The molecule has 0 atom stereocenters. The minimum absolute atomic E-state index is 0.0486. The third kappa shape index (κ3) is 6.00. The van der Waals surface area contributed by atoms with Crippen molar-refractivity contribution in [1.29, 1.82) is 5.26 Å². The van der Waals surface area contributed by atoms with Crippen LogP contribution in [-0.4, -0.2) is 37.5 Å². The van der Waals surface area contributed by atoms with Crippen molar-refractivity contribution < 1.29 is 4.79 Å². The van der Waals surface area contributed by atoms with E-state index in [0.29, 0.717) is 19.5 Å². The average Bonchev–Trinajstić information content (AvgIpc) is 2.39. The Kier molecular flexibility index (Phi) is 6.58. The summed E-state index contributed by atoms with van der Waals surface area (Å²) in [6.07, 6.45) is 1.27. The lowest BCUT2D eigenvalue weighted by Gasteiger charge is -2.15. The van der Waals surface area contributed by atoms with E-state index in [-0.39, 0.29) is 5.91 Å². The van der Waals surface area contributed by atoms with E-state index >= 15 is 0 Å². The molecule has 1 amide bonds. The normalized spacial score (nSPS) is 10.2. The van der Waals surface area contributed by atoms with Gasteiger partial charge in [0.15, 0.2) is 0 Å². The molecule has 3 N–H and O–H groups in total. The second-order valence-electron chi connectivity index (χ2n) is 4.46. The van der Waals surface area contributed by atoms with Gasteiger partial charge in [-0.1, -0.05) is 12.1 Å². The molecule has 19 heavy (non-hydrogen) atoms. The van der Waals surface area contributed by atoms with Gasteiger partial charge in [0, 0.05) is 5.69 Å². The van der Waals surface area contributed by atoms with Gasteiger partial charge in [-0.15, -0.1) is 0 Å². The van der Waals surface area contributed by atoms with Crippen molar-refractivity contribution in [3.05, 3.63) is 29.8 Å². The summed E-state index contributed by atoms with van der Waals surface area (Å²) in [4.78, 5) is 13.7. The monoisotopic (exact) mass is 260 g/mol. The number of nitrogens with two attached hydrogens (primary N) is 1. The highest BCUT2D eigenvalue weighted by Gasteiger charge is 2.06. The van der Waals surface area contributed by atoms with E-state index in [4.69, 9.17) is 11.0 Å². The lowest BCUT2D eigenvalue weighted by atomic mass is 10.1. The second kappa shape index (κ2) is 8.25. The SMILES string of the molecule is CN(CCCN)CC(=O)Nc1ccc(CC#N)cc1. The molecule has 0 spiro atoms. The lowest BCUT2D eigenvalue weighted by Crippen LogP contribution is -2.31. The van der Waals surface area contributed by atoms with E-state index < -0.39 is 0 Å². The highest BCUT2D eigenvalue weighted by atomic mass is 16.2. The molecule has 1 rings (SSSR count). The van der Waals surface area contributed by atoms with Crippen LogP contribution in [0.2, 0.25) is 0 Å². The van der Waals surface area contributed by atoms with Crippen molar-refractivity contribution in [1.82, 2.24) is 4.90 Å². The van der Waals surface area contributed by atoms with E-state index in [1.54, 1.807) is 0 Å². The Morgan fingerprint density at radius 1 is 1.42 bits per heavy atom. The summed E-state index contributed by atoms with van der Waals surface area (Å²) in [7, 11) is 1.89. The Morgan fingerprint density at radius 3 is 2.68 bits per heavy atom. The maximum Gasteiger partial charge on any atom is 0.238 e. The largest absolute Gasteiger partial charge is 0.330 e. The van der Waals surface area contributed by atoms with Gasteiger partial charge in [-0.3, -0.25) is 9.69 Å². The third-order valence-electron chi connectivity index (χ3n) is 2.68. The summed E-state index contributed by atoms with van der Waals surface area (Å²) in [5.74, 6) is -0.0486. The van der Waals surface area contributed by atoms with Gasteiger partial charge in [0.05, 0.1) is 19.0 Å². The fourth-order valence-electron chi connectivity index (χ4n) is 1.68. The Labute approximate surface area is 114 Å². The highest BCUT2D eigenvalue weighted by Crippen LogP contribution is 2.09. The minimum Gasteiger partial charge on any atom is -0.330 e. The van der Waals surface area contributed by atoms with Crippen LogP contribution in [0.4, 0.5) is 5.69 Å². The number of rotatable bonds is 7. The molecule has 0 radical (unpaired) electrons. The number of nitrogens with one attached hydrogen (secondary N) is 1. The van der Waals surface area contributed by atoms with Gasteiger partial charge >= 0.3 is 0 Å². The molecule has 1 aromatic rings. The number of carbonyl (C=O) groups is 1. The van der Waals surface area contributed by atoms with Crippen LogP contribution in [0.15, 0.2) is 24.3 Å². The summed E-state index contributed by atoms with van der Waals surface area (Å²) < 4.78 is 0. The predicted molar refractivity (Wildman–Crippen MR) is 75.6 cm³/mol. The molecular weight excluding hydrogens is 240 g/mol. The molecule has 0 aliphatic carbocycles. The topological polar surface area (TPSA) is 82.2 Å². The number of hydrogen-bond acceptors (Lipinski definition) is 4. The molecule has 0 aliphatic rings.